The molecule has 0 bridgehead atoms. The van der Waals surface area contributed by atoms with Gasteiger partial charge in [0.1, 0.15) is 0 Å². The Hall–Kier alpha value is -2.31. The summed E-state index contributed by atoms with van der Waals surface area (Å²) < 4.78 is 27.1. The van der Waals surface area contributed by atoms with Gasteiger partial charge in [0.15, 0.2) is 17.5 Å². The van der Waals surface area contributed by atoms with Gasteiger partial charge < -0.3 is 10.2 Å². The quantitative estimate of drug-likeness (QED) is 0.930. The average molecular weight is 279 g/mol. The maximum Gasteiger partial charge on any atom is 0.230 e. The summed E-state index contributed by atoms with van der Waals surface area (Å²) >= 11 is 0. The predicted octanol–water partition coefficient (Wildman–Crippen LogP) is 2.31. The van der Waals surface area contributed by atoms with Crippen LogP contribution < -0.4 is 10.2 Å². The van der Waals surface area contributed by atoms with Crippen LogP contribution in [0.3, 0.4) is 0 Å². The topological polar surface area (TPSA) is 53.9 Å². The number of aromatic nitrogens is 3. The van der Waals surface area contributed by atoms with Gasteiger partial charge in [-0.3, -0.25) is 0 Å². The molecule has 0 saturated carbocycles. The Kier molecular flexibility index (Phi) is 4.07. The van der Waals surface area contributed by atoms with Gasteiger partial charge in [0, 0.05) is 20.6 Å². The highest BCUT2D eigenvalue weighted by Crippen LogP contribution is 2.23. The Balaban J connectivity index is 2.57. The molecular formula is C13H15F2N5. The summed E-state index contributed by atoms with van der Waals surface area (Å²) in [6.45, 7) is 2.50. The standard InChI is InChI=1S/C13H15F2N5/c1-4-16-12-17-11(18-13(19-12)20(2)3)8-6-5-7-9(14)10(8)15/h5-7H,4H2,1-3H3,(H,16,17,18,19). The largest absolute Gasteiger partial charge is 0.354 e. The van der Waals surface area contributed by atoms with Gasteiger partial charge >= 0.3 is 0 Å². The fourth-order valence-corrected chi connectivity index (χ4v) is 1.60. The second-order valence-corrected chi connectivity index (χ2v) is 4.31. The first kappa shape index (κ1) is 14.1. The van der Waals surface area contributed by atoms with Gasteiger partial charge in [-0.05, 0) is 19.1 Å². The van der Waals surface area contributed by atoms with Crippen molar-refractivity contribution < 1.29 is 8.78 Å². The zero-order valence-electron chi connectivity index (χ0n) is 11.5. The van der Waals surface area contributed by atoms with Crippen molar-refractivity contribution in [3.05, 3.63) is 29.8 Å². The van der Waals surface area contributed by atoms with Gasteiger partial charge in [0.25, 0.3) is 0 Å². The van der Waals surface area contributed by atoms with Crippen LogP contribution in [-0.4, -0.2) is 35.6 Å². The lowest BCUT2D eigenvalue weighted by atomic mass is 10.2. The Morgan fingerprint density at radius 2 is 1.90 bits per heavy atom. The molecule has 0 aliphatic heterocycles. The molecule has 1 aromatic heterocycles. The van der Waals surface area contributed by atoms with E-state index in [9.17, 15) is 8.78 Å². The van der Waals surface area contributed by atoms with Crippen LogP contribution in [0.1, 0.15) is 6.92 Å². The van der Waals surface area contributed by atoms with Crippen LogP contribution in [0.5, 0.6) is 0 Å². The van der Waals surface area contributed by atoms with Crippen molar-refractivity contribution in [3.8, 4) is 11.4 Å². The first-order valence-corrected chi connectivity index (χ1v) is 6.14. The second-order valence-electron chi connectivity index (χ2n) is 4.31. The van der Waals surface area contributed by atoms with E-state index >= 15 is 0 Å². The lowest BCUT2D eigenvalue weighted by Crippen LogP contribution is -2.16. The van der Waals surface area contributed by atoms with Crippen molar-refractivity contribution >= 4 is 11.9 Å². The summed E-state index contributed by atoms with van der Waals surface area (Å²) in [7, 11) is 3.52. The number of hydrogen-bond donors (Lipinski definition) is 1. The number of nitrogens with one attached hydrogen (secondary N) is 1. The first-order valence-electron chi connectivity index (χ1n) is 6.14. The molecule has 2 aromatic rings. The van der Waals surface area contributed by atoms with Crippen molar-refractivity contribution in [2.24, 2.45) is 0 Å². The average Bonchev–Trinajstić information content (AvgIpc) is 2.42. The minimum absolute atomic E-state index is 0.00894. The second kappa shape index (κ2) is 5.77. The van der Waals surface area contributed by atoms with Crippen LogP contribution >= 0.6 is 0 Å². The zero-order chi connectivity index (χ0) is 14.7. The Morgan fingerprint density at radius 1 is 1.15 bits per heavy atom. The van der Waals surface area contributed by atoms with E-state index < -0.39 is 11.6 Å². The molecule has 0 aliphatic rings. The third-order valence-electron chi connectivity index (χ3n) is 2.55. The molecule has 0 atom stereocenters. The minimum Gasteiger partial charge on any atom is -0.354 e. The number of benzene rings is 1. The first-order chi connectivity index (χ1) is 9.52. The maximum absolute atomic E-state index is 13.8. The Labute approximate surface area is 115 Å². The fraction of sp³-hybridized carbons (Fsp3) is 0.308. The van der Waals surface area contributed by atoms with Gasteiger partial charge in [-0.25, -0.2) is 8.78 Å². The summed E-state index contributed by atoms with van der Waals surface area (Å²) in [6, 6.07) is 3.90. The molecule has 0 radical (unpaired) electrons. The highest BCUT2D eigenvalue weighted by Gasteiger charge is 2.15. The molecule has 1 heterocycles. The number of hydrogen-bond acceptors (Lipinski definition) is 5. The highest BCUT2D eigenvalue weighted by molar-refractivity contribution is 5.59. The molecule has 0 saturated heterocycles. The molecular weight excluding hydrogens is 264 g/mol. The van der Waals surface area contributed by atoms with Gasteiger partial charge in [0.2, 0.25) is 11.9 Å². The van der Waals surface area contributed by atoms with Crippen LogP contribution in [0.15, 0.2) is 18.2 Å². The normalized spacial score (nSPS) is 10.4. The number of rotatable bonds is 4. The Bertz CT molecular complexity index is 616. The summed E-state index contributed by atoms with van der Waals surface area (Å²) in [5.41, 5.74) is 0.00894. The van der Waals surface area contributed by atoms with Gasteiger partial charge in [-0.15, -0.1) is 0 Å². The monoisotopic (exact) mass is 279 g/mol. The van der Waals surface area contributed by atoms with Crippen LogP contribution in [0.25, 0.3) is 11.4 Å². The van der Waals surface area contributed by atoms with Crippen LogP contribution in [0, 0.1) is 11.6 Å². The van der Waals surface area contributed by atoms with Crippen molar-refractivity contribution in [2.75, 3.05) is 30.9 Å². The summed E-state index contributed by atoms with van der Waals surface area (Å²) in [5, 5.41) is 2.94. The molecule has 2 rings (SSSR count). The lowest BCUT2D eigenvalue weighted by Gasteiger charge is -2.13. The summed E-state index contributed by atoms with van der Waals surface area (Å²) in [4.78, 5) is 14.1. The van der Waals surface area contributed by atoms with E-state index in [4.69, 9.17) is 0 Å². The molecule has 0 fully saturated rings. The molecule has 20 heavy (non-hydrogen) atoms. The highest BCUT2D eigenvalue weighted by atomic mass is 19.2. The van der Waals surface area contributed by atoms with E-state index in [-0.39, 0.29) is 11.4 Å². The van der Waals surface area contributed by atoms with E-state index in [1.165, 1.54) is 12.1 Å². The van der Waals surface area contributed by atoms with Gasteiger partial charge in [-0.2, -0.15) is 15.0 Å². The number of nitrogens with zero attached hydrogens (tertiary/aromatic N) is 4. The van der Waals surface area contributed by atoms with Crippen molar-refractivity contribution in [1.82, 2.24) is 15.0 Å². The molecule has 0 amide bonds. The molecule has 106 valence electrons. The van der Waals surface area contributed by atoms with Crippen molar-refractivity contribution in [3.63, 3.8) is 0 Å². The zero-order valence-corrected chi connectivity index (χ0v) is 11.5. The fourth-order valence-electron chi connectivity index (χ4n) is 1.60. The number of halogens is 2. The SMILES string of the molecule is CCNc1nc(-c2cccc(F)c2F)nc(N(C)C)n1. The van der Waals surface area contributed by atoms with Crippen LogP contribution in [0.2, 0.25) is 0 Å². The van der Waals surface area contributed by atoms with E-state index in [0.29, 0.717) is 18.4 Å². The molecule has 5 nitrogen and oxygen atoms in total. The molecule has 1 aromatic carbocycles. The van der Waals surface area contributed by atoms with Crippen molar-refractivity contribution in [2.45, 2.75) is 6.92 Å². The molecule has 7 heteroatoms. The van der Waals surface area contributed by atoms with Gasteiger partial charge in [-0.1, -0.05) is 6.07 Å². The van der Waals surface area contributed by atoms with Gasteiger partial charge in [0.05, 0.1) is 5.56 Å². The summed E-state index contributed by atoms with van der Waals surface area (Å²) in [6.07, 6.45) is 0. The number of anilines is 2. The smallest absolute Gasteiger partial charge is 0.230 e. The molecule has 0 aliphatic carbocycles. The third-order valence-corrected chi connectivity index (χ3v) is 2.55. The minimum atomic E-state index is -0.967. The van der Waals surface area contributed by atoms with Crippen LogP contribution in [0.4, 0.5) is 20.7 Å². The third kappa shape index (κ3) is 2.81. The van der Waals surface area contributed by atoms with Crippen molar-refractivity contribution in [1.29, 1.82) is 0 Å². The molecule has 0 spiro atoms. The molecule has 1 N–H and O–H groups in total. The van der Waals surface area contributed by atoms with E-state index in [1.807, 2.05) is 6.92 Å². The van der Waals surface area contributed by atoms with E-state index in [1.54, 1.807) is 19.0 Å². The lowest BCUT2D eigenvalue weighted by molar-refractivity contribution is 0.510. The Morgan fingerprint density at radius 3 is 2.55 bits per heavy atom. The van der Waals surface area contributed by atoms with Crippen LogP contribution in [-0.2, 0) is 0 Å². The summed E-state index contributed by atoms with van der Waals surface area (Å²) in [5.74, 6) is -1.11. The maximum atomic E-state index is 13.8. The van der Waals surface area contributed by atoms with E-state index in [2.05, 4.69) is 20.3 Å². The predicted molar refractivity (Wildman–Crippen MR) is 73.7 cm³/mol. The van der Waals surface area contributed by atoms with E-state index in [0.717, 1.165) is 6.07 Å². The molecule has 0 unspecified atom stereocenters.